The Morgan fingerprint density at radius 2 is 2.14 bits per heavy atom. The van der Waals surface area contributed by atoms with Crippen molar-refractivity contribution in [2.45, 2.75) is 75.9 Å². The minimum atomic E-state index is -0.223. The van der Waals surface area contributed by atoms with Crippen LogP contribution < -0.4 is 10.5 Å². The second-order valence-corrected chi connectivity index (χ2v) is 11.3. The normalized spacial score (nSPS) is 24.7. The summed E-state index contributed by atoms with van der Waals surface area (Å²) in [7, 11) is 2.15. The lowest BCUT2D eigenvalue weighted by atomic mass is 9.62. The lowest BCUT2D eigenvalue weighted by Gasteiger charge is -2.40. The number of nitrogen functional groups attached to an aromatic ring is 1. The number of likely N-dealkylation sites (N-methyl/N-ethyl adjacent to an activating group) is 1. The molecule has 0 saturated carbocycles. The van der Waals surface area contributed by atoms with Gasteiger partial charge in [0.15, 0.2) is 0 Å². The van der Waals surface area contributed by atoms with Crippen molar-refractivity contribution in [1.29, 1.82) is 5.26 Å². The molecule has 1 aliphatic heterocycles. The zero-order valence-corrected chi connectivity index (χ0v) is 21.1. The Balaban J connectivity index is 1.36. The third-order valence-electron chi connectivity index (χ3n) is 8.27. The van der Waals surface area contributed by atoms with Crippen LogP contribution in [-0.4, -0.2) is 50.8 Å². The molecule has 1 saturated heterocycles. The highest BCUT2D eigenvalue weighted by atomic mass is 32.1. The van der Waals surface area contributed by atoms with E-state index in [1.54, 1.807) is 17.5 Å². The maximum absolute atomic E-state index is 9.92. The Hall–Kier alpha value is -2.96. The van der Waals surface area contributed by atoms with E-state index in [0.717, 1.165) is 74.1 Å². The fourth-order valence-electron chi connectivity index (χ4n) is 6.68. The summed E-state index contributed by atoms with van der Waals surface area (Å²) in [6.45, 7) is 3.20. The van der Waals surface area contributed by atoms with E-state index < -0.39 is 0 Å². The first-order chi connectivity index (χ1) is 17.0. The van der Waals surface area contributed by atoms with E-state index in [0.29, 0.717) is 22.6 Å². The predicted octanol–water partition coefficient (Wildman–Crippen LogP) is 4.20. The van der Waals surface area contributed by atoms with Gasteiger partial charge in [0.1, 0.15) is 22.9 Å². The third kappa shape index (κ3) is 3.54. The molecule has 1 unspecified atom stereocenters. The molecule has 3 atom stereocenters. The van der Waals surface area contributed by atoms with Crippen LogP contribution in [0.1, 0.15) is 72.7 Å². The molecule has 2 aliphatic carbocycles. The van der Waals surface area contributed by atoms with Crippen molar-refractivity contribution in [1.82, 2.24) is 25.1 Å². The van der Waals surface area contributed by atoms with Gasteiger partial charge in [-0.25, -0.2) is 4.98 Å². The van der Waals surface area contributed by atoms with E-state index in [9.17, 15) is 5.26 Å². The molecule has 3 aliphatic rings. The zero-order chi connectivity index (χ0) is 24.2. The molecule has 1 spiro atoms. The highest BCUT2D eigenvalue weighted by Crippen LogP contribution is 2.54. The topological polar surface area (TPSA) is 117 Å². The number of aryl methyl sites for hydroxylation is 1. The van der Waals surface area contributed by atoms with Gasteiger partial charge >= 0.3 is 6.01 Å². The molecular formula is C26H31N7OS. The molecule has 0 aromatic carbocycles. The molecule has 0 bridgehead atoms. The smallest absolute Gasteiger partial charge is 0.317 e. The van der Waals surface area contributed by atoms with Crippen LogP contribution in [0.2, 0.25) is 0 Å². The van der Waals surface area contributed by atoms with Crippen molar-refractivity contribution >= 4 is 16.3 Å². The molecule has 1 fully saturated rings. The van der Waals surface area contributed by atoms with Gasteiger partial charge in [0.2, 0.25) is 0 Å². The molecule has 182 valence electrons. The maximum atomic E-state index is 9.92. The molecule has 4 heterocycles. The minimum Gasteiger partial charge on any atom is -0.459 e. The average molecular weight is 490 g/mol. The van der Waals surface area contributed by atoms with Gasteiger partial charge in [-0.15, -0.1) is 11.3 Å². The number of thiophene rings is 1. The number of nitrogens with zero attached hydrogens (tertiary/aromatic N) is 5. The summed E-state index contributed by atoms with van der Waals surface area (Å²) in [6.07, 6.45) is 10.2. The van der Waals surface area contributed by atoms with Crippen LogP contribution in [0.15, 0.2) is 12.3 Å². The minimum absolute atomic E-state index is 0.0169. The number of fused-ring (bicyclic) bond motifs is 4. The predicted molar refractivity (Wildman–Crippen MR) is 135 cm³/mol. The van der Waals surface area contributed by atoms with Crippen molar-refractivity contribution < 1.29 is 4.74 Å². The molecule has 0 amide bonds. The molecule has 3 aromatic rings. The Morgan fingerprint density at radius 3 is 2.91 bits per heavy atom. The molecule has 0 radical (unpaired) electrons. The summed E-state index contributed by atoms with van der Waals surface area (Å²) in [5.74, 6) is 0. The summed E-state index contributed by atoms with van der Waals surface area (Å²) in [5.41, 5.74) is 11.8. The molecule has 6 rings (SSSR count). The van der Waals surface area contributed by atoms with Crippen molar-refractivity contribution in [2.75, 3.05) is 19.3 Å². The van der Waals surface area contributed by atoms with Gasteiger partial charge in [-0.2, -0.15) is 15.3 Å². The third-order valence-corrected chi connectivity index (χ3v) is 9.35. The quantitative estimate of drug-likeness (QED) is 0.564. The van der Waals surface area contributed by atoms with E-state index in [-0.39, 0.29) is 11.5 Å². The SMILES string of the molecule is C[C@H](Oc1nccc(-c2n[nH]c3c2CCCC32CCCc3sc(N)c(C#N)c32)n1)[C@@H]1CCCN1C. The van der Waals surface area contributed by atoms with Crippen LogP contribution in [0.25, 0.3) is 11.4 Å². The van der Waals surface area contributed by atoms with Gasteiger partial charge in [0.25, 0.3) is 0 Å². The first-order valence-electron chi connectivity index (χ1n) is 12.6. The summed E-state index contributed by atoms with van der Waals surface area (Å²) in [4.78, 5) is 12.8. The maximum Gasteiger partial charge on any atom is 0.317 e. The number of ether oxygens (including phenoxy) is 1. The number of anilines is 1. The Labute approximate surface area is 209 Å². The van der Waals surface area contributed by atoms with Crippen LogP contribution in [-0.2, 0) is 18.3 Å². The Bertz CT molecular complexity index is 1300. The van der Waals surface area contributed by atoms with Crippen molar-refractivity contribution in [3.05, 3.63) is 39.5 Å². The lowest BCUT2D eigenvalue weighted by molar-refractivity contribution is 0.112. The number of hydrogen-bond donors (Lipinski definition) is 2. The van der Waals surface area contributed by atoms with Gasteiger partial charge in [-0.05, 0) is 83.5 Å². The van der Waals surface area contributed by atoms with Crippen molar-refractivity contribution in [3.63, 3.8) is 0 Å². The molecule has 9 heteroatoms. The molecule has 8 nitrogen and oxygen atoms in total. The number of aromatic nitrogens is 4. The largest absolute Gasteiger partial charge is 0.459 e. The number of nitriles is 1. The van der Waals surface area contributed by atoms with Gasteiger partial charge in [0, 0.05) is 33.8 Å². The first-order valence-corrected chi connectivity index (χ1v) is 13.4. The van der Waals surface area contributed by atoms with Crippen molar-refractivity contribution in [2.24, 2.45) is 0 Å². The number of nitrogens with one attached hydrogen (secondary N) is 1. The van der Waals surface area contributed by atoms with Crippen LogP contribution in [0.5, 0.6) is 6.01 Å². The number of hydrogen-bond acceptors (Lipinski definition) is 8. The summed E-state index contributed by atoms with van der Waals surface area (Å²) >= 11 is 1.59. The van der Waals surface area contributed by atoms with Gasteiger partial charge in [-0.3, -0.25) is 10.00 Å². The molecule has 35 heavy (non-hydrogen) atoms. The lowest BCUT2D eigenvalue weighted by Crippen LogP contribution is -2.38. The van der Waals surface area contributed by atoms with Crippen molar-refractivity contribution in [3.8, 4) is 23.5 Å². The highest BCUT2D eigenvalue weighted by Gasteiger charge is 2.46. The number of H-pyrrole nitrogens is 1. The summed E-state index contributed by atoms with van der Waals surface area (Å²) in [6, 6.07) is 5.10. The Morgan fingerprint density at radius 1 is 1.31 bits per heavy atom. The average Bonchev–Trinajstić information content (AvgIpc) is 3.56. The first kappa shape index (κ1) is 22.5. The van der Waals surface area contributed by atoms with E-state index in [1.165, 1.54) is 16.9 Å². The summed E-state index contributed by atoms with van der Waals surface area (Å²) < 4.78 is 6.19. The number of aromatic amines is 1. The zero-order valence-electron chi connectivity index (χ0n) is 20.3. The molecule has 3 aromatic heterocycles. The number of rotatable bonds is 4. The number of nitrogens with two attached hydrogens (primary N) is 1. The van der Waals surface area contributed by atoms with Crippen LogP contribution in [0.4, 0.5) is 5.00 Å². The fourth-order valence-corrected chi connectivity index (χ4v) is 7.84. The van der Waals surface area contributed by atoms with Gasteiger partial charge in [0.05, 0.1) is 11.3 Å². The van der Waals surface area contributed by atoms with E-state index in [1.807, 2.05) is 6.07 Å². The van der Waals surface area contributed by atoms with Gasteiger partial charge < -0.3 is 10.5 Å². The number of likely N-dealkylation sites (tertiary alicyclic amines) is 1. The van der Waals surface area contributed by atoms with Crippen LogP contribution >= 0.6 is 11.3 Å². The fraction of sp³-hybridized carbons (Fsp3) is 0.538. The van der Waals surface area contributed by atoms with Crippen LogP contribution in [0, 0.1) is 11.3 Å². The van der Waals surface area contributed by atoms with E-state index >= 15 is 0 Å². The second-order valence-electron chi connectivity index (χ2n) is 10.2. The summed E-state index contributed by atoms with van der Waals surface area (Å²) in [5, 5.41) is 18.7. The Kier molecular flexibility index (Phi) is 5.53. The van der Waals surface area contributed by atoms with E-state index in [4.69, 9.17) is 20.6 Å². The molecular weight excluding hydrogens is 458 g/mol. The van der Waals surface area contributed by atoms with Gasteiger partial charge in [-0.1, -0.05) is 0 Å². The highest BCUT2D eigenvalue weighted by molar-refractivity contribution is 7.16. The standard InChI is InChI=1S/C26H31N7OS/c1-15(19-7-5-13-33(19)2)34-25-29-12-9-18(30-25)22-16-6-3-10-26(23(16)32-31-22)11-4-8-20-21(26)17(14-27)24(28)35-20/h9,12,15,19H,3-8,10-11,13,28H2,1-2H3,(H,31,32)/t15-,19-,26?/m0/s1. The molecule has 3 N–H and O–H groups in total. The monoisotopic (exact) mass is 489 g/mol. The second kappa shape index (κ2) is 8.61. The van der Waals surface area contributed by atoms with E-state index in [2.05, 4.69) is 35.0 Å². The van der Waals surface area contributed by atoms with Crippen LogP contribution in [0.3, 0.4) is 0 Å².